The fraction of sp³-hybridized carbons (Fsp3) is 0.636. The van der Waals surface area contributed by atoms with E-state index >= 15 is 0 Å². The summed E-state index contributed by atoms with van der Waals surface area (Å²) in [6.07, 6.45) is 2.97. The quantitative estimate of drug-likeness (QED) is 0.556. The Morgan fingerprint density at radius 2 is 0.933 bits per heavy atom. The van der Waals surface area contributed by atoms with Gasteiger partial charge in [-0.25, -0.2) is 0 Å². The lowest BCUT2D eigenvalue weighted by Gasteiger charge is -2.28. The van der Waals surface area contributed by atoms with Crippen LogP contribution in [0.2, 0.25) is 0 Å². The summed E-state index contributed by atoms with van der Waals surface area (Å²) >= 11 is 0. The summed E-state index contributed by atoms with van der Waals surface area (Å²) in [5, 5.41) is 36.4. The van der Waals surface area contributed by atoms with E-state index in [1.807, 2.05) is 24.3 Å². The lowest BCUT2D eigenvalue weighted by atomic mass is 9.63. The summed E-state index contributed by atoms with van der Waals surface area (Å²) in [5.41, 5.74) is -2.90. The van der Waals surface area contributed by atoms with Crippen molar-refractivity contribution in [3.63, 3.8) is 0 Å². The molecule has 0 aliphatic heterocycles. The standard InChI is InChI=1S/C11H10N4/c12-6-10(7-13)4-2-1-3-5-11(10,8-14)9-15/h1-5H2. The van der Waals surface area contributed by atoms with Crippen LogP contribution in [0.3, 0.4) is 0 Å². The van der Waals surface area contributed by atoms with Gasteiger partial charge < -0.3 is 0 Å². The molecule has 1 aliphatic rings. The molecule has 0 aromatic rings. The van der Waals surface area contributed by atoms with E-state index in [4.69, 9.17) is 21.0 Å². The average Bonchev–Trinajstić information content (AvgIpc) is 2.48. The maximum atomic E-state index is 9.09. The second-order valence-electron chi connectivity index (χ2n) is 3.82. The van der Waals surface area contributed by atoms with Crippen LogP contribution in [0.5, 0.6) is 0 Å². The second-order valence-corrected chi connectivity index (χ2v) is 3.82. The summed E-state index contributed by atoms with van der Waals surface area (Å²) in [6, 6.07) is 7.58. The molecule has 0 aromatic heterocycles. The SMILES string of the molecule is N#CC1(C#N)CCCCCC1(C#N)C#N. The van der Waals surface area contributed by atoms with Crippen molar-refractivity contribution in [2.24, 2.45) is 10.8 Å². The summed E-state index contributed by atoms with van der Waals surface area (Å²) in [7, 11) is 0. The van der Waals surface area contributed by atoms with Crippen LogP contribution in [0, 0.1) is 56.2 Å². The minimum absolute atomic E-state index is 0.321. The first kappa shape index (κ1) is 11.0. The van der Waals surface area contributed by atoms with Crippen LogP contribution in [0.15, 0.2) is 0 Å². The molecule has 0 heterocycles. The second kappa shape index (κ2) is 4.00. The Balaban J connectivity index is 3.33. The van der Waals surface area contributed by atoms with E-state index in [9.17, 15) is 0 Å². The summed E-state index contributed by atoms with van der Waals surface area (Å²) in [5.74, 6) is 0. The molecule has 0 N–H and O–H groups in total. The van der Waals surface area contributed by atoms with Crippen LogP contribution in [0.4, 0.5) is 0 Å². The lowest BCUT2D eigenvalue weighted by Crippen LogP contribution is -2.37. The van der Waals surface area contributed by atoms with Gasteiger partial charge >= 0.3 is 0 Å². The predicted octanol–water partition coefficient (Wildman–Crippen LogP) is 2.02. The highest BCUT2D eigenvalue weighted by Gasteiger charge is 2.54. The highest BCUT2D eigenvalue weighted by Crippen LogP contribution is 2.48. The minimum Gasteiger partial charge on any atom is -0.196 e. The first-order chi connectivity index (χ1) is 7.20. The highest BCUT2D eigenvalue weighted by atomic mass is 14.6. The zero-order valence-corrected chi connectivity index (χ0v) is 8.32. The normalized spacial score (nSPS) is 22.1. The van der Waals surface area contributed by atoms with Crippen LogP contribution in [0.25, 0.3) is 0 Å². The van der Waals surface area contributed by atoms with E-state index in [0.29, 0.717) is 12.8 Å². The van der Waals surface area contributed by atoms with Crippen molar-refractivity contribution in [1.29, 1.82) is 21.0 Å². The minimum atomic E-state index is -1.45. The van der Waals surface area contributed by atoms with Crippen LogP contribution < -0.4 is 0 Å². The molecule has 1 aliphatic carbocycles. The van der Waals surface area contributed by atoms with E-state index in [2.05, 4.69) is 0 Å². The Morgan fingerprint density at radius 1 is 0.600 bits per heavy atom. The fourth-order valence-corrected chi connectivity index (χ4v) is 2.04. The first-order valence-corrected chi connectivity index (χ1v) is 4.85. The monoisotopic (exact) mass is 198 g/mol. The van der Waals surface area contributed by atoms with Crippen LogP contribution in [-0.2, 0) is 0 Å². The van der Waals surface area contributed by atoms with E-state index in [1.54, 1.807) is 0 Å². The Kier molecular flexibility index (Phi) is 2.94. The van der Waals surface area contributed by atoms with Crippen molar-refractivity contribution < 1.29 is 0 Å². The van der Waals surface area contributed by atoms with Gasteiger partial charge in [-0.1, -0.05) is 19.3 Å². The maximum absolute atomic E-state index is 9.09. The molecule has 0 aromatic carbocycles. The fourth-order valence-electron chi connectivity index (χ4n) is 2.04. The van der Waals surface area contributed by atoms with E-state index in [1.165, 1.54) is 0 Å². The number of nitriles is 4. The highest BCUT2D eigenvalue weighted by molar-refractivity contribution is 5.34. The molecule has 4 nitrogen and oxygen atoms in total. The first-order valence-electron chi connectivity index (χ1n) is 4.85. The number of nitrogens with zero attached hydrogens (tertiary/aromatic N) is 4. The lowest BCUT2D eigenvalue weighted by molar-refractivity contribution is 0.279. The summed E-state index contributed by atoms with van der Waals surface area (Å²) in [6.45, 7) is 0. The third-order valence-corrected chi connectivity index (χ3v) is 3.10. The van der Waals surface area contributed by atoms with Crippen molar-refractivity contribution in [2.45, 2.75) is 32.1 Å². The Labute approximate surface area is 89.0 Å². The molecule has 1 saturated carbocycles. The molecular formula is C11H10N4. The Bertz CT molecular complexity index is 342. The van der Waals surface area contributed by atoms with Crippen LogP contribution in [0.1, 0.15) is 32.1 Å². The van der Waals surface area contributed by atoms with Gasteiger partial charge in [-0.3, -0.25) is 0 Å². The van der Waals surface area contributed by atoms with Gasteiger partial charge in [0.1, 0.15) is 0 Å². The molecule has 0 bridgehead atoms. The van der Waals surface area contributed by atoms with Crippen LogP contribution >= 0.6 is 0 Å². The molecule has 0 radical (unpaired) electrons. The molecule has 0 unspecified atom stereocenters. The van der Waals surface area contributed by atoms with E-state index < -0.39 is 10.8 Å². The smallest absolute Gasteiger partial charge is 0.175 e. The van der Waals surface area contributed by atoms with Gasteiger partial charge in [-0.05, 0) is 12.8 Å². The molecule has 4 heteroatoms. The third-order valence-electron chi connectivity index (χ3n) is 3.10. The van der Waals surface area contributed by atoms with Gasteiger partial charge in [0.15, 0.2) is 10.8 Å². The molecule has 0 amide bonds. The van der Waals surface area contributed by atoms with Gasteiger partial charge in [0.05, 0.1) is 24.3 Å². The van der Waals surface area contributed by atoms with Crippen LogP contribution in [-0.4, -0.2) is 0 Å². The van der Waals surface area contributed by atoms with Crippen molar-refractivity contribution in [2.75, 3.05) is 0 Å². The average molecular weight is 198 g/mol. The number of rotatable bonds is 0. The molecule has 74 valence electrons. The zero-order valence-electron chi connectivity index (χ0n) is 8.32. The van der Waals surface area contributed by atoms with Gasteiger partial charge in [-0.15, -0.1) is 0 Å². The Morgan fingerprint density at radius 3 is 1.20 bits per heavy atom. The summed E-state index contributed by atoms with van der Waals surface area (Å²) < 4.78 is 0. The van der Waals surface area contributed by atoms with Crippen molar-refractivity contribution in [1.82, 2.24) is 0 Å². The molecular weight excluding hydrogens is 188 g/mol. The predicted molar refractivity (Wildman–Crippen MR) is 50.4 cm³/mol. The van der Waals surface area contributed by atoms with E-state index in [0.717, 1.165) is 19.3 Å². The third kappa shape index (κ3) is 1.41. The molecule has 0 atom stereocenters. The number of hydrogen-bond acceptors (Lipinski definition) is 4. The van der Waals surface area contributed by atoms with E-state index in [-0.39, 0.29) is 0 Å². The van der Waals surface area contributed by atoms with Gasteiger partial charge in [0.25, 0.3) is 0 Å². The van der Waals surface area contributed by atoms with Crippen molar-refractivity contribution in [3.8, 4) is 24.3 Å². The molecule has 1 rings (SSSR count). The van der Waals surface area contributed by atoms with Crippen molar-refractivity contribution in [3.05, 3.63) is 0 Å². The maximum Gasteiger partial charge on any atom is 0.175 e. The summed E-state index contributed by atoms with van der Waals surface area (Å²) in [4.78, 5) is 0. The molecule has 0 saturated heterocycles. The molecule has 15 heavy (non-hydrogen) atoms. The topological polar surface area (TPSA) is 95.2 Å². The van der Waals surface area contributed by atoms with Gasteiger partial charge in [0, 0.05) is 0 Å². The molecule has 0 spiro atoms. The van der Waals surface area contributed by atoms with Crippen molar-refractivity contribution >= 4 is 0 Å². The zero-order chi connectivity index (χ0) is 11.4. The molecule has 1 fully saturated rings. The Hall–Kier alpha value is -2.04. The largest absolute Gasteiger partial charge is 0.196 e. The van der Waals surface area contributed by atoms with Gasteiger partial charge in [0.2, 0.25) is 0 Å². The number of hydrogen-bond donors (Lipinski definition) is 0. The van der Waals surface area contributed by atoms with Gasteiger partial charge in [-0.2, -0.15) is 21.0 Å².